The Labute approximate surface area is 162 Å². The first-order valence-corrected chi connectivity index (χ1v) is 11.6. The highest BCUT2D eigenvalue weighted by atomic mass is 32.2. The smallest absolute Gasteiger partial charge is 0.265 e. The van der Waals surface area contributed by atoms with Crippen molar-refractivity contribution in [1.82, 2.24) is 24.0 Å². The van der Waals surface area contributed by atoms with Crippen molar-refractivity contribution in [3.8, 4) is 0 Å². The average molecular weight is 410 g/mol. The molecule has 2 aliphatic rings. The summed E-state index contributed by atoms with van der Waals surface area (Å²) in [5, 5.41) is 5.88. The van der Waals surface area contributed by atoms with Crippen LogP contribution in [0.2, 0.25) is 0 Å². The molecule has 0 spiro atoms. The van der Waals surface area contributed by atoms with Gasteiger partial charge in [-0.1, -0.05) is 6.42 Å². The predicted octanol–water partition coefficient (Wildman–Crippen LogP) is 1.99. The van der Waals surface area contributed by atoms with E-state index in [0.29, 0.717) is 31.1 Å². The van der Waals surface area contributed by atoms with E-state index in [0.717, 1.165) is 32.1 Å². The van der Waals surface area contributed by atoms with Gasteiger partial charge in [-0.3, -0.25) is 4.79 Å². The summed E-state index contributed by atoms with van der Waals surface area (Å²) in [6, 6.07) is 1.81. The van der Waals surface area contributed by atoms with Gasteiger partial charge in [0.1, 0.15) is 22.4 Å². The zero-order valence-electron chi connectivity index (χ0n) is 15.0. The number of thiophene rings is 1. The third-order valence-corrected chi connectivity index (χ3v) is 8.29. The lowest BCUT2D eigenvalue weighted by molar-refractivity contribution is 0.0691. The Morgan fingerprint density at radius 2 is 1.85 bits per heavy atom. The second-order valence-corrected chi connectivity index (χ2v) is 9.80. The Morgan fingerprint density at radius 1 is 1.11 bits per heavy atom. The number of hydrogen-bond acceptors (Lipinski definition) is 6. The van der Waals surface area contributed by atoms with Crippen molar-refractivity contribution < 1.29 is 13.2 Å². The Bertz CT molecular complexity index is 880. The van der Waals surface area contributed by atoms with Crippen LogP contribution in [0.5, 0.6) is 0 Å². The normalized spacial score (nSPS) is 20.1. The first-order valence-electron chi connectivity index (χ1n) is 9.28. The maximum absolute atomic E-state index is 13.0. The zero-order chi connectivity index (χ0) is 18.9. The van der Waals surface area contributed by atoms with E-state index in [4.69, 9.17) is 0 Å². The molecule has 0 saturated carbocycles. The maximum atomic E-state index is 13.0. The minimum Gasteiger partial charge on any atom is -0.338 e. The van der Waals surface area contributed by atoms with Gasteiger partial charge in [-0.15, -0.1) is 11.3 Å². The number of sulfonamides is 1. The third-order valence-electron chi connectivity index (χ3n) is 5.32. The number of carbonyl (C=O) groups excluding carboxylic acids is 1. The molecule has 2 aliphatic heterocycles. The van der Waals surface area contributed by atoms with Crippen LogP contribution < -0.4 is 0 Å². The number of likely N-dealkylation sites (tertiary alicyclic amines) is 1. The number of nitrogens with zero attached hydrogens (tertiary/aromatic N) is 5. The summed E-state index contributed by atoms with van der Waals surface area (Å²) in [7, 11) is -3.61. The SMILES string of the molecule is O=C(c1sccc1S(=O)(=O)N1CCCCC1)N1CCC(n2cncn2)CC1. The molecule has 0 aromatic carbocycles. The lowest BCUT2D eigenvalue weighted by Gasteiger charge is -2.32. The number of rotatable bonds is 4. The molecule has 4 rings (SSSR count). The highest BCUT2D eigenvalue weighted by Crippen LogP contribution is 2.30. The van der Waals surface area contributed by atoms with E-state index in [-0.39, 0.29) is 16.8 Å². The van der Waals surface area contributed by atoms with Gasteiger partial charge in [0.25, 0.3) is 5.91 Å². The second kappa shape index (κ2) is 7.69. The molecule has 2 saturated heterocycles. The number of amides is 1. The van der Waals surface area contributed by atoms with E-state index in [9.17, 15) is 13.2 Å². The van der Waals surface area contributed by atoms with E-state index >= 15 is 0 Å². The molecule has 2 aromatic rings. The number of aromatic nitrogens is 3. The van der Waals surface area contributed by atoms with E-state index in [1.54, 1.807) is 22.7 Å². The first kappa shape index (κ1) is 18.6. The van der Waals surface area contributed by atoms with E-state index in [1.807, 2.05) is 4.68 Å². The van der Waals surface area contributed by atoms with E-state index < -0.39 is 10.0 Å². The molecule has 0 bridgehead atoms. The highest BCUT2D eigenvalue weighted by molar-refractivity contribution is 7.89. The van der Waals surface area contributed by atoms with Crippen molar-refractivity contribution in [2.24, 2.45) is 0 Å². The standard InChI is InChI=1S/C17H23N5O3S2/c23-17(20-9-4-14(5-10-20)22-13-18-12-19-22)16-15(6-11-26-16)27(24,25)21-7-2-1-3-8-21/h6,11-14H,1-5,7-10H2. The second-order valence-electron chi connectivity index (χ2n) is 6.98. The Kier molecular flexibility index (Phi) is 5.29. The monoisotopic (exact) mass is 409 g/mol. The molecule has 0 aliphatic carbocycles. The predicted molar refractivity (Wildman–Crippen MR) is 101 cm³/mol. The van der Waals surface area contributed by atoms with Crippen molar-refractivity contribution in [1.29, 1.82) is 0 Å². The Balaban J connectivity index is 1.48. The molecule has 0 radical (unpaired) electrons. The van der Waals surface area contributed by atoms with Crippen molar-refractivity contribution in [3.05, 3.63) is 29.0 Å². The van der Waals surface area contributed by atoms with Gasteiger partial charge in [-0.25, -0.2) is 18.1 Å². The van der Waals surface area contributed by atoms with Gasteiger partial charge in [-0.05, 0) is 37.1 Å². The molecule has 2 aromatic heterocycles. The summed E-state index contributed by atoms with van der Waals surface area (Å²) >= 11 is 1.22. The molecule has 0 atom stereocenters. The van der Waals surface area contributed by atoms with Crippen LogP contribution in [0.1, 0.15) is 47.8 Å². The molecule has 10 heteroatoms. The molecular formula is C17H23N5O3S2. The number of carbonyl (C=O) groups is 1. The number of piperidine rings is 2. The molecule has 4 heterocycles. The van der Waals surface area contributed by atoms with Crippen molar-refractivity contribution in [3.63, 3.8) is 0 Å². The molecule has 0 N–H and O–H groups in total. The van der Waals surface area contributed by atoms with Gasteiger partial charge in [-0.2, -0.15) is 9.40 Å². The fourth-order valence-corrected chi connectivity index (χ4v) is 6.66. The summed E-state index contributed by atoms with van der Waals surface area (Å²) in [6.07, 6.45) is 7.60. The fraction of sp³-hybridized carbons (Fsp3) is 0.588. The molecule has 8 nitrogen and oxygen atoms in total. The first-order chi connectivity index (χ1) is 13.1. The molecule has 1 amide bonds. The van der Waals surface area contributed by atoms with Crippen LogP contribution in [0.15, 0.2) is 29.0 Å². The lowest BCUT2D eigenvalue weighted by atomic mass is 10.1. The summed E-state index contributed by atoms with van der Waals surface area (Å²) in [5.74, 6) is -0.183. The van der Waals surface area contributed by atoms with Gasteiger partial charge in [0.2, 0.25) is 10.0 Å². The molecular weight excluding hydrogens is 386 g/mol. The zero-order valence-corrected chi connectivity index (χ0v) is 16.7. The molecule has 0 unspecified atom stereocenters. The van der Waals surface area contributed by atoms with Crippen LogP contribution >= 0.6 is 11.3 Å². The summed E-state index contributed by atoms with van der Waals surface area (Å²) in [4.78, 5) is 19.3. The van der Waals surface area contributed by atoms with Gasteiger partial charge >= 0.3 is 0 Å². The topological polar surface area (TPSA) is 88.4 Å². The maximum Gasteiger partial charge on any atom is 0.265 e. The minimum absolute atomic E-state index is 0.165. The molecule has 2 fully saturated rings. The van der Waals surface area contributed by atoms with Crippen molar-refractivity contribution in [2.75, 3.05) is 26.2 Å². The van der Waals surface area contributed by atoms with E-state index in [2.05, 4.69) is 10.1 Å². The van der Waals surface area contributed by atoms with Gasteiger partial charge in [0, 0.05) is 26.2 Å². The average Bonchev–Trinajstić information content (AvgIpc) is 3.40. The quantitative estimate of drug-likeness (QED) is 0.771. The summed E-state index contributed by atoms with van der Waals surface area (Å²) in [5.41, 5.74) is 0. The van der Waals surface area contributed by atoms with Crippen LogP contribution in [-0.4, -0.2) is 64.5 Å². The van der Waals surface area contributed by atoms with Crippen LogP contribution in [0.25, 0.3) is 0 Å². The number of hydrogen-bond donors (Lipinski definition) is 0. The summed E-state index contributed by atoms with van der Waals surface area (Å²) in [6.45, 7) is 2.25. The molecule has 27 heavy (non-hydrogen) atoms. The van der Waals surface area contributed by atoms with Crippen LogP contribution in [0.3, 0.4) is 0 Å². The highest BCUT2D eigenvalue weighted by Gasteiger charge is 2.33. The Morgan fingerprint density at radius 3 is 2.52 bits per heavy atom. The van der Waals surface area contributed by atoms with Gasteiger partial charge < -0.3 is 4.90 Å². The van der Waals surface area contributed by atoms with E-state index in [1.165, 1.54) is 22.0 Å². The van der Waals surface area contributed by atoms with Gasteiger partial charge in [0.15, 0.2) is 0 Å². The van der Waals surface area contributed by atoms with Crippen LogP contribution in [-0.2, 0) is 10.0 Å². The summed E-state index contributed by atoms with van der Waals surface area (Å²) < 4.78 is 29.4. The van der Waals surface area contributed by atoms with Crippen LogP contribution in [0, 0.1) is 0 Å². The van der Waals surface area contributed by atoms with Crippen molar-refractivity contribution >= 4 is 27.3 Å². The Hall–Kier alpha value is -1.78. The van der Waals surface area contributed by atoms with Crippen LogP contribution in [0.4, 0.5) is 0 Å². The molecule has 146 valence electrons. The fourth-order valence-electron chi connectivity index (χ4n) is 3.78. The minimum atomic E-state index is -3.61. The van der Waals surface area contributed by atoms with Crippen molar-refractivity contribution in [2.45, 2.75) is 43.0 Å². The van der Waals surface area contributed by atoms with Gasteiger partial charge in [0.05, 0.1) is 6.04 Å². The lowest BCUT2D eigenvalue weighted by Crippen LogP contribution is -2.40. The third kappa shape index (κ3) is 3.65. The largest absolute Gasteiger partial charge is 0.338 e.